The minimum atomic E-state index is -0.626. The number of benzene rings is 3. The molecule has 0 heterocycles. The third kappa shape index (κ3) is 6.60. The Labute approximate surface area is 196 Å². The van der Waals surface area contributed by atoms with Crippen molar-refractivity contribution in [2.45, 2.75) is 0 Å². The van der Waals surface area contributed by atoms with Crippen LogP contribution in [0.5, 0.6) is 0 Å². The van der Waals surface area contributed by atoms with Crippen molar-refractivity contribution in [1.82, 2.24) is 10.7 Å². The van der Waals surface area contributed by atoms with Crippen LogP contribution in [0.25, 0.3) is 6.08 Å². The van der Waals surface area contributed by atoms with Gasteiger partial charge in [-0.1, -0.05) is 30.3 Å². The van der Waals surface area contributed by atoms with Gasteiger partial charge in [0.05, 0.1) is 11.1 Å². The first-order valence-electron chi connectivity index (χ1n) is 10.3. The van der Waals surface area contributed by atoms with Crippen molar-refractivity contribution >= 4 is 35.5 Å². The molecule has 0 spiro atoms. The average molecular weight is 457 g/mol. The number of nitrogens with zero attached hydrogens (tertiary/aromatic N) is 3. The van der Waals surface area contributed by atoms with Gasteiger partial charge in [0, 0.05) is 37.5 Å². The third-order valence-corrected chi connectivity index (χ3v) is 4.73. The molecule has 0 unspecified atom stereocenters. The molecule has 172 valence electrons. The Kier molecular flexibility index (Phi) is 7.85. The van der Waals surface area contributed by atoms with E-state index in [9.17, 15) is 19.7 Å². The van der Waals surface area contributed by atoms with Crippen molar-refractivity contribution in [3.8, 4) is 0 Å². The van der Waals surface area contributed by atoms with Crippen molar-refractivity contribution in [2.24, 2.45) is 5.10 Å². The molecule has 3 aromatic rings. The quantitative estimate of drug-likeness (QED) is 0.232. The molecule has 0 fully saturated rings. The van der Waals surface area contributed by atoms with Crippen LogP contribution in [-0.2, 0) is 4.79 Å². The van der Waals surface area contributed by atoms with Crippen LogP contribution < -0.4 is 15.6 Å². The minimum Gasteiger partial charge on any atom is -0.378 e. The summed E-state index contributed by atoms with van der Waals surface area (Å²) in [5, 5.41) is 17.3. The van der Waals surface area contributed by atoms with Gasteiger partial charge in [-0.2, -0.15) is 5.10 Å². The maximum Gasteiger partial charge on any atom is 0.287 e. The zero-order valence-electron chi connectivity index (χ0n) is 18.6. The lowest BCUT2D eigenvalue weighted by Crippen LogP contribution is -2.32. The van der Waals surface area contributed by atoms with E-state index in [1.165, 1.54) is 30.5 Å². The Hall–Kier alpha value is -4.79. The van der Waals surface area contributed by atoms with Gasteiger partial charge in [-0.25, -0.2) is 5.43 Å². The maximum atomic E-state index is 12.8. The van der Waals surface area contributed by atoms with Crippen LogP contribution in [0, 0.1) is 10.1 Å². The largest absolute Gasteiger partial charge is 0.378 e. The van der Waals surface area contributed by atoms with Crippen LogP contribution in [-0.4, -0.2) is 37.0 Å². The van der Waals surface area contributed by atoms with E-state index in [2.05, 4.69) is 15.8 Å². The Morgan fingerprint density at radius 3 is 2.12 bits per heavy atom. The number of hydrazone groups is 1. The lowest BCUT2D eigenvalue weighted by atomic mass is 10.1. The molecule has 9 heteroatoms. The molecule has 0 saturated heterocycles. The predicted molar refractivity (Wildman–Crippen MR) is 131 cm³/mol. The Morgan fingerprint density at radius 1 is 0.912 bits per heavy atom. The minimum absolute atomic E-state index is 0.00676. The highest BCUT2D eigenvalue weighted by molar-refractivity contribution is 6.05. The highest BCUT2D eigenvalue weighted by Crippen LogP contribution is 2.15. The molecule has 0 atom stereocenters. The first-order chi connectivity index (χ1) is 16.3. The number of nitrogens with one attached hydrogen (secondary N) is 2. The van der Waals surface area contributed by atoms with Crippen LogP contribution in [0.15, 0.2) is 89.7 Å². The molecule has 2 N–H and O–H groups in total. The summed E-state index contributed by atoms with van der Waals surface area (Å²) in [6.45, 7) is 0. The summed E-state index contributed by atoms with van der Waals surface area (Å²) in [5.74, 6) is -1.06. The van der Waals surface area contributed by atoms with E-state index in [0.717, 1.165) is 5.69 Å². The van der Waals surface area contributed by atoms with Gasteiger partial charge in [-0.05, 0) is 53.6 Å². The second-order valence-corrected chi connectivity index (χ2v) is 7.41. The number of amides is 2. The Morgan fingerprint density at radius 2 is 1.53 bits per heavy atom. The fourth-order valence-electron chi connectivity index (χ4n) is 2.89. The standard InChI is InChI=1S/C25H23N5O4/c1-29(2)21-12-8-18(9-13-21)16-23(27-24(31)20-6-4-3-5-7-20)25(32)28-26-17-19-10-14-22(15-11-19)30(33)34/h3-17H,1-2H3,(H,27,31)(H,28,32)/b23-16-,26-17+. The van der Waals surface area contributed by atoms with E-state index < -0.39 is 16.7 Å². The van der Waals surface area contributed by atoms with Crippen molar-refractivity contribution in [3.63, 3.8) is 0 Å². The van der Waals surface area contributed by atoms with Gasteiger partial charge in [0.1, 0.15) is 5.70 Å². The SMILES string of the molecule is CN(C)c1ccc(/C=C(\NC(=O)c2ccccc2)C(=O)N/N=C/c2ccc([N+](=O)[O-])cc2)cc1. The molecule has 0 aromatic heterocycles. The lowest BCUT2D eigenvalue weighted by molar-refractivity contribution is -0.384. The topological polar surface area (TPSA) is 117 Å². The zero-order chi connectivity index (χ0) is 24.5. The zero-order valence-corrected chi connectivity index (χ0v) is 18.6. The number of hydrogen-bond acceptors (Lipinski definition) is 6. The van der Waals surface area contributed by atoms with Gasteiger partial charge in [0.25, 0.3) is 17.5 Å². The fraction of sp³-hybridized carbons (Fsp3) is 0.0800. The molecular weight excluding hydrogens is 434 g/mol. The van der Waals surface area contributed by atoms with Crippen molar-refractivity contribution in [2.75, 3.05) is 19.0 Å². The van der Waals surface area contributed by atoms with Crippen LogP contribution in [0.4, 0.5) is 11.4 Å². The molecule has 0 saturated carbocycles. The Balaban J connectivity index is 1.79. The highest BCUT2D eigenvalue weighted by atomic mass is 16.6. The normalized spacial score (nSPS) is 11.2. The van der Waals surface area contributed by atoms with E-state index in [1.807, 2.05) is 43.3 Å². The number of rotatable bonds is 8. The monoisotopic (exact) mass is 457 g/mol. The number of carbonyl (C=O) groups is 2. The highest BCUT2D eigenvalue weighted by Gasteiger charge is 2.14. The number of anilines is 1. The summed E-state index contributed by atoms with van der Waals surface area (Å²) in [5.41, 5.74) is 5.00. The van der Waals surface area contributed by atoms with Crippen LogP contribution >= 0.6 is 0 Å². The van der Waals surface area contributed by atoms with Crippen LogP contribution in [0.2, 0.25) is 0 Å². The van der Waals surface area contributed by atoms with Gasteiger partial charge < -0.3 is 10.2 Å². The average Bonchev–Trinajstić information content (AvgIpc) is 2.84. The molecule has 3 rings (SSSR count). The Bertz CT molecular complexity index is 1220. The molecule has 34 heavy (non-hydrogen) atoms. The molecule has 9 nitrogen and oxygen atoms in total. The molecule has 0 aliphatic rings. The lowest BCUT2D eigenvalue weighted by Gasteiger charge is -2.12. The fourth-order valence-corrected chi connectivity index (χ4v) is 2.89. The predicted octanol–water partition coefficient (Wildman–Crippen LogP) is 3.58. The second kappa shape index (κ2) is 11.2. The van der Waals surface area contributed by atoms with Crippen LogP contribution in [0.1, 0.15) is 21.5 Å². The van der Waals surface area contributed by atoms with E-state index in [4.69, 9.17) is 0 Å². The molecule has 0 radical (unpaired) electrons. The molecule has 0 bridgehead atoms. The summed E-state index contributed by atoms with van der Waals surface area (Å²) < 4.78 is 0. The summed E-state index contributed by atoms with van der Waals surface area (Å²) in [6, 6.07) is 21.7. The molecule has 2 amide bonds. The van der Waals surface area contributed by atoms with Crippen LogP contribution in [0.3, 0.4) is 0 Å². The maximum absolute atomic E-state index is 12.8. The van der Waals surface area contributed by atoms with Gasteiger partial charge in [0.2, 0.25) is 0 Å². The van der Waals surface area contributed by atoms with E-state index in [0.29, 0.717) is 16.7 Å². The summed E-state index contributed by atoms with van der Waals surface area (Å²) >= 11 is 0. The molecular formula is C25H23N5O4. The number of carbonyl (C=O) groups excluding carboxylic acids is 2. The summed E-state index contributed by atoms with van der Waals surface area (Å²) in [4.78, 5) is 37.7. The van der Waals surface area contributed by atoms with Crippen molar-refractivity contribution in [1.29, 1.82) is 0 Å². The first kappa shape index (κ1) is 23.9. The van der Waals surface area contributed by atoms with Crippen molar-refractivity contribution in [3.05, 3.63) is 111 Å². The molecule has 0 aliphatic carbocycles. The van der Waals surface area contributed by atoms with Gasteiger partial charge in [-0.3, -0.25) is 19.7 Å². The van der Waals surface area contributed by atoms with Gasteiger partial charge >= 0.3 is 0 Å². The third-order valence-electron chi connectivity index (χ3n) is 4.73. The van der Waals surface area contributed by atoms with Gasteiger partial charge in [-0.15, -0.1) is 0 Å². The number of hydrogen-bond donors (Lipinski definition) is 2. The molecule has 0 aliphatic heterocycles. The first-order valence-corrected chi connectivity index (χ1v) is 10.3. The smallest absolute Gasteiger partial charge is 0.287 e. The van der Waals surface area contributed by atoms with E-state index in [-0.39, 0.29) is 11.4 Å². The number of nitro groups is 1. The second-order valence-electron chi connectivity index (χ2n) is 7.41. The van der Waals surface area contributed by atoms with E-state index >= 15 is 0 Å². The van der Waals surface area contributed by atoms with Crippen molar-refractivity contribution < 1.29 is 14.5 Å². The van der Waals surface area contributed by atoms with Gasteiger partial charge in [0.15, 0.2) is 0 Å². The number of nitro benzene ring substituents is 1. The molecule has 3 aromatic carbocycles. The van der Waals surface area contributed by atoms with E-state index in [1.54, 1.807) is 36.4 Å². The summed E-state index contributed by atoms with van der Waals surface area (Å²) in [6.07, 6.45) is 2.90. The summed E-state index contributed by atoms with van der Waals surface area (Å²) in [7, 11) is 3.85. The number of non-ortho nitro benzene ring substituents is 1.